The molecule has 118 valence electrons. The fraction of sp³-hybridized carbons (Fsp3) is 0.647. The van der Waals surface area contributed by atoms with Crippen LogP contribution < -0.4 is 10.2 Å². The Balaban J connectivity index is 1.87. The highest BCUT2D eigenvalue weighted by molar-refractivity contribution is 5.46. The first kappa shape index (κ1) is 16.2. The van der Waals surface area contributed by atoms with Gasteiger partial charge in [-0.15, -0.1) is 0 Å². The summed E-state index contributed by atoms with van der Waals surface area (Å²) in [4.78, 5) is 4.87. The number of benzene rings is 1. The molecule has 0 radical (unpaired) electrons. The summed E-state index contributed by atoms with van der Waals surface area (Å²) in [5.74, 6) is -0.166. The van der Waals surface area contributed by atoms with Crippen molar-refractivity contribution in [1.82, 2.24) is 10.2 Å². The fourth-order valence-electron chi connectivity index (χ4n) is 2.92. The summed E-state index contributed by atoms with van der Waals surface area (Å²) >= 11 is 0. The van der Waals surface area contributed by atoms with E-state index in [0.717, 1.165) is 38.4 Å². The highest BCUT2D eigenvalue weighted by atomic mass is 19.1. The number of piperazine rings is 1. The first-order chi connectivity index (χ1) is 9.92. The van der Waals surface area contributed by atoms with Gasteiger partial charge < -0.3 is 10.2 Å². The normalized spacial score (nSPS) is 18.8. The summed E-state index contributed by atoms with van der Waals surface area (Å²) in [6.45, 7) is 12.1. The Hall–Kier alpha value is -1.13. The number of rotatable bonds is 5. The molecule has 1 aliphatic rings. The van der Waals surface area contributed by atoms with Gasteiger partial charge in [0.15, 0.2) is 0 Å². The second kappa shape index (κ2) is 6.75. The van der Waals surface area contributed by atoms with Crippen LogP contribution in [0.2, 0.25) is 0 Å². The second-order valence-electron chi connectivity index (χ2n) is 6.74. The lowest BCUT2D eigenvalue weighted by Gasteiger charge is -2.41. The quantitative estimate of drug-likeness (QED) is 0.900. The van der Waals surface area contributed by atoms with Crippen molar-refractivity contribution >= 4 is 5.69 Å². The maximum atomic E-state index is 13.0. The molecule has 1 aliphatic heterocycles. The molecule has 1 aromatic carbocycles. The average molecular weight is 293 g/mol. The third kappa shape index (κ3) is 4.17. The van der Waals surface area contributed by atoms with Crippen LogP contribution in [0.1, 0.15) is 20.8 Å². The Bertz CT molecular complexity index is 436. The van der Waals surface area contributed by atoms with Gasteiger partial charge in [0.05, 0.1) is 0 Å². The predicted octanol–water partition coefficient (Wildman–Crippen LogP) is 2.58. The lowest BCUT2D eigenvalue weighted by Crippen LogP contribution is -2.52. The molecule has 1 atom stereocenters. The molecular formula is C17H28FN3. The highest BCUT2D eigenvalue weighted by Crippen LogP contribution is 2.24. The van der Waals surface area contributed by atoms with Gasteiger partial charge in [0.25, 0.3) is 0 Å². The first-order valence-electron chi connectivity index (χ1n) is 7.82. The van der Waals surface area contributed by atoms with Crippen molar-refractivity contribution in [3.8, 4) is 0 Å². The molecule has 1 N–H and O–H groups in total. The Morgan fingerprint density at radius 1 is 1.14 bits per heavy atom. The Kier molecular flexibility index (Phi) is 5.22. The molecule has 0 aliphatic carbocycles. The summed E-state index contributed by atoms with van der Waals surface area (Å²) in [7, 11) is 2.03. The minimum Gasteiger partial charge on any atom is -0.369 e. The largest absolute Gasteiger partial charge is 0.369 e. The number of hydrogen-bond acceptors (Lipinski definition) is 3. The molecule has 1 heterocycles. The minimum absolute atomic E-state index is 0.166. The Morgan fingerprint density at radius 3 is 2.24 bits per heavy atom. The van der Waals surface area contributed by atoms with E-state index in [1.807, 2.05) is 19.2 Å². The lowest BCUT2D eigenvalue weighted by atomic mass is 9.84. The molecule has 2 rings (SSSR count). The van der Waals surface area contributed by atoms with Gasteiger partial charge in [0.2, 0.25) is 0 Å². The van der Waals surface area contributed by atoms with E-state index >= 15 is 0 Å². The van der Waals surface area contributed by atoms with E-state index < -0.39 is 0 Å². The van der Waals surface area contributed by atoms with Crippen LogP contribution in [-0.2, 0) is 0 Å². The van der Waals surface area contributed by atoms with Crippen LogP contribution in [0.25, 0.3) is 0 Å². The molecule has 0 amide bonds. The molecule has 0 spiro atoms. The first-order valence-corrected chi connectivity index (χ1v) is 7.82. The van der Waals surface area contributed by atoms with Gasteiger partial charge in [-0.3, -0.25) is 4.90 Å². The Labute approximate surface area is 128 Å². The number of halogens is 1. The standard InChI is InChI=1S/C17H28FN3/c1-14(19-4)17(2,3)13-20-9-11-21(12-10-20)16-7-5-15(18)6-8-16/h5-8,14,19H,9-13H2,1-4H3. The van der Waals surface area contributed by atoms with E-state index in [1.165, 1.54) is 0 Å². The van der Waals surface area contributed by atoms with Crippen LogP contribution in [0.3, 0.4) is 0 Å². The van der Waals surface area contributed by atoms with Crippen LogP contribution >= 0.6 is 0 Å². The third-order valence-electron chi connectivity index (χ3n) is 4.80. The molecule has 1 aromatic rings. The van der Waals surface area contributed by atoms with E-state index in [4.69, 9.17) is 0 Å². The van der Waals surface area contributed by atoms with E-state index in [0.29, 0.717) is 6.04 Å². The molecule has 0 bridgehead atoms. The molecule has 1 unspecified atom stereocenters. The van der Waals surface area contributed by atoms with Crippen LogP contribution in [-0.4, -0.2) is 50.7 Å². The SMILES string of the molecule is CNC(C)C(C)(C)CN1CCN(c2ccc(F)cc2)CC1. The van der Waals surface area contributed by atoms with Crippen molar-refractivity contribution in [3.63, 3.8) is 0 Å². The predicted molar refractivity (Wildman–Crippen MR) is 87.4 cm³/mol. The lowest BCUT2D eigenvalue weighted by molar-refractivity contribution is 0.140. The monoisotopic (exact) mass is 293 g/mol. The van der Waals surface area contributed by atoms with Gasteiger partial charge >= 0.3 is 0 Å². The zero-order chi connectivity index (χ0) is 15.5. The van der Waals surface area contributed by atoms with E-state index in [9.17, 15) is 4.39 Å². The van der Waals surface area contributed by atoms with Gasteiger partial charge in [0, 0.05) is 44.5 Å². The van der Waals surface area contributed by atoms with E-state index in [2.05, 4.69) is 35.9 Å². The summed E-state index contributed by atoms with van der Waals surface area (Å²) in [5.41, 5.74) is 1.38. The number of anilines is 1. The second-order valence-corrected chi connectivity index (χ2v) is 6.74. The molecule has 3 nitrogen and oxygen atoms in total. The molecule has 21 heavy (non-hydrogen) atoms. The van der Waals surface area contributed by atoms with Crippen molar-refractivity contribution in [2.24, 2.45) is 5.41 Å². The van der Waals surface area contributed by atoms with Crippen molar-refractivity contribution < 1.29 is 4.39 Å². The van der Waals surface area contributed by atoms with Crippen LogP contribution in [0.4, 0.5) is 10.1 Å². The van der Waals surface area contributed by atoms with Gasteiger partial charge in [-0.2, -0.15) is 0 Å². The number of hydrogen-bond donors (Lipinski definition) is 1. The maximum Gasteiger partial charge on any atom is 0.123 e. The van der Waals surface area contributed by atoms with Gasteiger partial charge in [-0.1, -0.05) is 13.8 Å². The zero-order valence-electron chi connectivity index (χ0n) is 13.7. The molecule has 0 aromatic heterocycles. The van der Waals surface area contributed by atoms with Crippen molar-refractivity contribution in [2.75, 3.05) is 44.7 Å². The summed E-state index contributed by atoms with van der Waals surface area (Å²) < 4.78 is 13.0. The van der Waals surface area contributed by atoms with Crippen LogP contribution in [0, 0.1) is 11.2 Å². The fourth-order valence-corrected chi connectivity index (χ4v) is 2.92. The number of nitrogens with zero attached hydrogens (tertiary/aromatic N) is 2. The molecule has 0 saturated carbocycles. The topological polar surface area (TPSA) is 18.5 Å². The number of nitrogens with one attached hydrogen (secondary N) is 1. The van der Waals surface area contributed by atoms with Crippen molar-refractivity contribution in [3.05, 3.63) is 30.1 Å². The van der Waals surface area contributed by atoms with Crippen LogP contribution in [0.15, 0.2) is 24.3 Å². The summed E-state index contributed by atoms with van der Waals surface area (Å²) in [6.07, 6.45) is 0. The van der Waals surface area contributed by atoms with Gasteiger partial charge in [-0.05, 0) is 43.7 Å². The van der Waals surface area contributed by atoms with Crippen molar-refractivity contribution in [1.29, 1.82) is 0 Å². The molecule has 1 saturated heterocycles. The van der Waals surface area contributed by atoms with E-state index in [-0.39, 0.29) is 11.2 Å². The summed E-state index contributed by atoms with van der Waals surface area (Å²) in [5, 5.41) is 3.36. The third-order valence-corrected chi connectivity index (χ3v) is 4.80. The summed E-state index contributed by atoms with van der Waals surface area (Å²) in [6, 6.07) is 7.32. The molecular weight excluding hydrogens is 265 g/mol. The zero-order valence-corrected chi connectivity index (χ0v) is 13.7. The van der Waals surface area contributed by atoms with Crippen molar-refractivity contribution in [2.45, 2.75) is 26.8 Å². The minimum atomic E-state index is -0.166. The highest BCUT2D eigenvalue weighted by Gasteiger charge is 2.29. The maximum absolute atomic E-state index is 13.0. The van der Waals surface area contributed by atoms with E-state index in [1.54, 1.807) is 12.1 Å². The van der Waals surface area contributed by atoms with Gasteiger partial charge in [-0.25, -0.2) is 4.39 Å². The molecule has 1 fully saturated rings. The smallest absolute Gasteiger partial charge is 0.123 e. The van der Waals surface area contributed by atoms with Crippen LogP contribution in [0.5, 0.6) is 0 Å². The van der Waals surface area contributed by atoms with Gasteiger partial charge in [0.1, 0.15) is 5.82 Å². The molecule has 4 heteroatoms. The average Bonchev–Trinajstić information content (AvgIpc) is 2.47. The Morgan fingerprint density at radius 2 is 1.71 bits per heavy atom.